The van der Waals surface area contributed by atoms with Gasteiger partial charge in [0.25, 0.3) is 5.91 Å². The van der Waals surface area contributed by atoms with E-state index in [1.807, 2.05) is 0 Å². The van der Waals surface area contributed by atoms with E-state index < -0.39 is 0 Å². The topological polar surface area (TPSA) is 29.1 Å². The molecule has 2 rings (SSSR count). The lowest BCUT2D eigenvalue weighted by molar-refractivity contribution is 0.102. The van der Waals surface area contributed by atoms with Crippen LogP contribution in [0.1, 0.15) is 15.9 Å². The molecule has 0 bridgehead atoms. The van der Waals surface area contributed by atoms with Gasteiger partial charge in [-0.3, -0.25) is 4.79 Å². The maximum absolute atomic E-state index is 13.0. The van der Waals surface area contributed by atoms with Gasteiger partial charge in [-0.05, 0) is 71.5 Å². The van der Waals surface area contributed by atoms with E-state index in [2.05, 4.69) is 27.9 Å². The number of benzene rings is 2. The lowest BCUT2D eigenvalue weighted by Crippen LogP contribution is -2.13. The predicted octanol–water partition coefficient (Wildman–Crippen LogP) is 4.64. The highest BCUT2D eigenvalue weighted by atomic mass is 127. The molecule has 0 unspecified atom stereocenters. The van der Waals surface area contributed by atoms with Gasteiger partial charge in [0, 0.05) is 14.8 Å². The Morgan fingerprint density at radius 3 is 2.63 bits per heavy atom. The summed E-state index contributed by atoms with van der Waals surface area (Å²) in [5.74, 6) is -0.569. The zero-order valence-electron chi connectivity index (χ0n) is 10.0. The van der Waals surface area contributed by atoms with Crippen molar-refractivity contribution in [2.45, 2.75) is 6.92 Å². The summed E-state index contributed by atoms with van der Waals surface area (Å²) in [4.78, 5) is 12.1. The molecule has 2 aromatic carbocycles. The van der Waals surface area contributed by atoms with E-state index >= 15 is 0 Å². The zero-order valence-corrected chi connectivity index (χ0v) is 12.9. The highest BCUT2D eigenvalue weighted by molar-refractivity contribution is 14.1. The molecule has 5 heteroatoms. The second kappa shape index (κ2) is 5.88. The Bertz CT molecular complexity index is 645. The maximum Gasteiger partial charge on any atom is 0.255 e. The van der Waals surface area contributed by atoms with Gasteiger partial charge in [-0.1, -0.05) is 11.6 Å². The minimum Gasteiger partial charge on any atom is -0.322 e. The van der Waals surface area contributed by atoms with Gasteiger partial charge in [-0.15, -0.1) is 0 Å². The van der Waals surface area contributed by atoms with Crippen LogP contribution >= 0.6 is 34.2 Å². The van der Waals surface area contributed by atoms with Crippen LogP contribution in [-0.2, 0) is 0 Å². The molecule has 0 fully saturated rings. The number of hydrogen-bond acceptors (Lipinski definition) is 1. The van der Waals surface area contributed by atoms with Crippen LogP contribution in [0.25, 0.3) is 0 Å². The third kappa shape index (κ3) is 3.45. The van der Waals surface area contributed by atoms with E-state index in [1.54, 1.807) is 31.2 Å². The quantitative estimate of drug-likeness (QED) is 0.745. The van der Waals surface area contributed by atoms with Gasteiger partial charge in [0.15, 0.2) is 0 Å². The molecule has 2 nitrogen and oxygen atoms in total. The summed E-state index contributed by atoms with van der Waals surface area (Å²) in [5, 5.41) is 3.35. The van der Waals surface area contributed by atoms with Gasteiger partial charge in [0.1, 0.15) is 5.82 Å². The lowest BCUT2D eigenvalue weighted by atomic mass is 10.1. The van der Waals surface area contributed by atoms with Gasteiger partial charge in [-0.2, -0.15) is 0 Å². The molecule has 19 heavy (non-hydrogen) atoms. The molecule has 1 amide bonds. The van der Waals surface area contributed by atoms with Gasteiger partial charge in [0.05, 0.1) is 5.02 Å². The van der Waals surface area contributed by atoms with Gasteiger partial charge < -0.3 is 5.32 Å². The number of rotatable bonds is 2. The summed E-state index contributed by atoms with van der Waals surface area (Å²) in [7, 11) is 0. The fraction of sp³-hybridized carbons (Fsp3) is 0.0714. The summed E-state index contributed by atoms with van der Waals surface area (Å²) in [6.45, 7) is 1.74. The third-order valence-corrected chi connectivity index (χ3v) is 4.16. The Morgan fingerprint density at radius 1 is 1.26 bits per heavy atom. The Hall–Kier alpha value is -1.14. The van der Waals surface area contributed by atoms with Crippen molar-refractivity contribution >= 4 is 45.8 Å². The number of carbonyl (C=O) groups excluding carboxylic acids is 1. The molecule has 1 N–H and O–H groups in total. The number of nitrogens with one attached hydrogen (secondary N) is 1. The molecular weight excluding hydrogens is 380 g/mol. The molecule has 0 atom stereocenters. The normalized spacial score (nSPS) is 10.3. The third-order valence-electron chi connectivity index (χ3n) is 2.62. The molecule has 0 saturated heterocycles. The van der Waals surface area contributed by atoms with Crippen LogP contribution in [0.4, 0.5) is 10.1 Å². The van der Waals surface area contributed by atoms with Crippen LogP contribution < -0.4 is 5.32 Å². The largest absolute Gasteiger partial charge is 0.322 e. The van der Waals surface area contributed by atoms with Crippen LogP contribution in [0.5, 0.6) is 0 Å². The SMILES string of the molecule is Cc1cc(F)ccc1NC(=O)c1ccc(Cl)c(I)c1. The Labute approximate surface area is 129 Å². The molecule has 0 aromatic heterocycles. The van der Waals surface area contributed by atoms with Crippen LogP contribution in [0, 0.1) is 16.3 Å². The Morgan fingerprint density at radius 2 is 2.00 bits per heavy atom. The van der Waals surface area contributed by atoms with Crippen molar-refractivity contribution in [3.05, 3.63) is 61.9 Å². The smallest absolute Gasteiger partial charge is 0.255 e. The first-order chi connectivity index (χ1) is 8.97. The molecule has 98 valence electrons. The first kappa shape index (κ1) is 14.3. The maximum atomic E-state index is 13.0. The van der Waals surface area contributed by atoms with Crippen LogP contribution in [-0.4, -0.2) is 5.91 Å². The molecule has 0 heterocycles. The molecule has 0 aliphatic heterocycles. The summed E-state index contributed by atoms with van der Waals surface area (Å²) in [5.41, 5.74) is 1.78. The highest BCUT2D eigenvalue weighted by Gasteiger charge is 2.09. The van der Waals surface area contributed by atoms with Gasteiger partial charge >= 0.3 is 0 Å². The molecule has 0 aliphatic carbocycles. The average molecular weight is 390 g/mol. The molecule has 0 aliphatic rings. The van der Waals surface area contributed by atoms with Crippen molar-refractivity contribution in [3.8, 4) is 0 Å². The fourth-order valence-electron chi connectivity index (χ4n) is 1.60. The number of carbonyl (C=O) groups is 1. The number of anilines is 1. The van der Waals surface area contributed by atoms with Crippen molar-refractivity contribution in [1.29, 1.82) is 0 Å². The number of hydrogen-bond donors (Lipinski definition) is 1. The molecular formula is C14H10ClFINO. The first-order valence-corrected chi connectivity index (χ1v) is 6.95. The van der Waals surface area contributed by atoms with E-state index in [-0.39, 0.29) is 11.7 Å². The minimum atomic E-state index is -0.323. The molecule has 2 aromatic rings. The highest BCUT2D eigenvalue weighted by Crippen LogP contribution is 2.21. The zero-order chi connectivity index (χ0) is 14.0. The lowest BCUT2D eigenvalue weighted by Gasteiger charge is -2.09. The van der Waals surface area contributed by atoms with Crippen molar-refractivity contribution in [2.24, 2.45) is 0 Å². The summed E-state index contributed by atoms with van der Waals surface area (Å²) < 4.78 is 13.8. The molecule has 0 spiro atoms. The number of aryl methyl sites for hydroxylation is 1. The second-order valence-electron chi connectivity index (χ2n) is 4.04. The summed E-state index contributed by atoms with van der Waals surface area (Å²) in [6, 6.07) is 9.27. The van der Waals surface area contributed by atoms with E-state index in [0.29, 0.717) is 21.8 Å². The second-order valence-corrected chi connectivity index (χ2v) is 5.61. The molecule has 0 saturated carbocycles. The Balaban J connectivity index is 2.23. The van der Waals surface area contributed by atoms with Crippen molar-refractivity contribution < 1.29 is 9.18 Å². The van der Waals surface area contributed by atoms with E-state index in [9.17, 15) is 9.18 Å². The van der Waals surface area contributed by atoms with Crippen molar-refractivity contribution in [1.82, 2.24) is 0 Å². The van der Waals surface area contributed by atoms with Crippen molar-refractivity contribution in [3.63, 3.8) is 0 Å². The van der Waals surface area contributed by atoms with E-state index in [1.165, 1.54) is 12.1 Å². The fourth-order valence-corrected chi connectivity index (χ4v) is 2.23. The van der Waals surface area contributed by atoms with Crippen LogP contribution in [0.3, 0.4) is 0 Å². The first-order valence-electron chi connectivity index (χ1n) is 5.50. The van der Waals surface area contributed by atoms with E-state index in [0.717, 1.165) is 3.57 Å². The number of amides is 1. The van der Waals surface area contributed by atoms with Crippen LogP contribution in [0.15, 0.2) is 36.4 Å². The summed E-state index contributed by atoms with van der Waals surface area (Å²) in [6.07, 6.45) is 0. The average Bonchev–Trinajstić information content (AvgIpc) is 2.36. The Kier molecular flexibility index (Phi) is 4.42. The van der Waals surface area contributed by atoms with Crippen LogP contribution in [0.2, 0.25) is 5.02 Å². The van der Waals surface area contributed by atoms with Gasteiger partial charge in [-0.25, -0.2) is 4.39 Å². The van der Waals surface area contributed by atoms with Crippen molar-refractivity contribution in [2.75, 3.05) is 5.32 Å². The predicted molar refractivity (Wildman–Crippen MR) is 83.3 cm³/mol. The monoisotopic (exact) mass is 389 g/mol. The molecule has 0 radical (unpaired) electrons. The van der Waals surface area contributed by atoms with E-state index in [4.69, 9.17) is 11.6 Å². The summed E-state index contributed by atoms with van der Waals surface area (Å²) >= 11 is 7.97. The standard InChI is InChI=1S/C14H10ClFINO/c1-8-6-10(16)3-5-13(8)18-14(19)9-2-4-11(15)12(17)7-9/h2-7H,1H3,(H,18,19). The number of halogens is 3. The minimum absolute atomic E-state index is 0.246. The van der Waals surface area contributed by atoms with Gasteiger partial charge in [0.2, 0.25) is 0 Å².